The van der Waals surface area contributed by atoms with E-state index >= 15 is 0 Å². The van der Waals surface area contributed by atoms with Crippen LogP contribution in [-0.2, 0) is 4.79 Å². The quantitative estimate of drug-likeness (QED) is 0.854. The Labute approximate surface area is 104 Å². The molecule has 0 aromatic carbocycles. The van der Waals surface area contributed by atoms with Crippen LogP contribution in [0.5, 0.6) is 0 Å². The summed E-state index contributed by atoms with van der Waals surface area (Å²) in [5.41, 5.74) is 2.00. The van der Waals surface area contributed by atoms with Gasteiger partial charge >= 0.3 is 0 Å². The summed E-state index contributed by atoms with van der Waals surface area (Å²) in [7, 11) is 0. The molecule has 0 aliphatic heterocycles. The van der Waals surface area contributed by atoms with Crippen molar-refractivity contribution >= 4 is 11.6 Å². The number of nitrogens with one attached hydrogen (secondary N) is 2. The lowest BCUT2D eigenvalue weighted by Crippen LogP contribution is -2.12. The Morgan fingerprint density at radius 2 is 2.28 bits per heavy atom. The summed E-state index contributed by atoms with van der Waals surface area (Å²) < 4.78 is 0. The molecule has 6 nitrogen and oxygen atoms in total. The molecule has 0 spiro atoms. The largest absolute Gasteiger partial charge is 0.323 e. The number of carbonyl (C=O) groups excluding carboxylic acids is 1. The average Bonchev–Trinajstić information content (AvgIpc) is 3.07. The summed E-state index contributed by atoms with van der Waals surface area (Å²) >= 11 is 0. The van der Waals surface area contributed by atoms with Gasteiger partial charge in [-0.1, -0.05) is 0 Å². The molecule has 0 unspecified atom stereocenters. The third-order valence-corrected chi connectivity index (χ3v) is 2.90. The van der Waals surface area contributed by atoms with Crippen LogP contribution < -0.4 is 5.32 Å². The number of aromatic amines is 1. The Morgan fingerprint density at radius 3 is 3.00 bits per heavy atom. The van der Waals surface area contributed by atoms with Gasteiger partial charge in [0.05, 0.1) is 18.1 Å². The number of hydrogen-bond donors (Lipinski definition) is 2. The van der Waals surface area contributed by atoms with Gasteiger partial charge in [0.15, 0.2) is 0 Å². The fraction of sp³-hybridized carbons (Fsp3) is 0.333. The van der Waals surface area contributed by atoms with Crippen LogP contribution in [0.25, 0.3) is 11.4 Å². The molecule has 0 atom stereocenters. The predicted octanol–water partition coefficient (Wildman–Crippen LogP) is 1.61. The smallest absolute Gasteiger partial charge is 0.224 e. The molecule has 2 aromatic heterocycles. The van der Waals surface area contributed by atoms with Gasteiger partial charge in [-0.05, 0) is 18.8 Å². The molecule has 3 rings (SSSR count). The van der Waals surface area contributed by atoms with Crippen LogP contribution in [0.15, 0.2) is 24.8 Å². The predicted molar refractivity (Wildman–Crippen MR) is 65.6 cm³/mol. The van der Waals surface area contributed by atoms with E-state index in [2.05, 4.69) is 25.5 Å². The molecule has 2 N–H and O–H groups in total. The van der Waals surface area contributed by atoms with Crippen molar-refractivity contribution in [1.29, 1.82) is 0 Å². The van der Waals surface area contributed by atoms with Crippen LogP contribution in [0.4, 0.5) is 5.69 Å². The maximum atomic E-state index is 11.8. The molecule has 2 heterocycles. The molecule has 2 aromatic rings. The monoisotopic (exact) mass is 243 g/mol. The van der Waals surface area contributed by atoms with Gasteiger partial charge in [0, 0.05) is 18.8 Å². The molecule has 1 aliphatic carbocycles. The number of rotatable bonds is 4. The zero-order valence-electron chi connectivity index (χ0n) is 9.76. The van der Waals surface area contributed by atoms with E-state index in [4.69, 9.17) is 0 Å². The second-order valence-corrected chi connectivity index (χ2v) is 4.45. The van der Waals surface area contributed by atoms with Crippen molar-refractivity contribution in [3.63, 3.8) is 0 Å². The van der Waals surface area contributed by atoms with Crippen LogP contribution in [0.2, 0.25) is 0 Å². The first-order valence-electron chi connectivity index (χ1n) is 5.92. The lowest BCUT2D eigenvalue weighted by Gasteiger charge is -2.04. The van der Waals surface area contributed by atoms with Crippen molar-refractivity contribution in [3.05, 3.63) is 24.8 Å². The van der Waals surface area contributed by atoms with Crippen LogP contribution in [0.1, 0.15) is 19.3 Å². The highest BCUT2D eigenvalue weighted by molar-refractivity contribution is 5.94. The van der Waals surface area contributed by atoms with E-state index in [0.29, 0.717) is 29.4 Å². The highest BCUT2D eigenvalue weighted by atomic mass is 16.1. The molecule has 0 saturated heterocycles. The lowest BCUT2D eigenvalue weighted by molar-refractivity contribution is -0.116. The summed E-state index contributed by atoms with van der Waals surface area (Å²) in [5.74, 6) is 0.598. The molecule has 1 aliphatic rings. The second-order valence-electron chi connectivity index (χ2n) is 4.45. The SMILES string of the molecule is O=C(CC1CC1)Nc1cn[nH]c1-c1cnccn1. The number of anilines is 1. The molecule has 1 amide bonds. The molecule has 92 valence electrons. The summed E-state index contributed by atoms with van der Waals surface area (Å²) in [6.45, 7) is 0. The summed E-state index contributed by atoms with van der Waals surface area (Å²) in [6, 6.07) is 0. The van der Waals surface area contributed by atoms with Gasteiger partial charge in [-0.2, -0.15) is 5.10 Å². The summed E-state index contributed by atoms with van der Waals surface area (Å²) in [4.78, 5) is 19.9. The van der Waals surface area contributed by atoms with Gasteiger partial charge in [0.1, 0.15) is 11.4 Å². The van der Waals surface area contributed by atoms with Gasteiger partial charge in [-0.3, -0.25) is 19.9 Å². The van der Waals surface area contributed by atoms with E-state index in [-0.39, 0.29) is 5.91 Å². The first-order valence-corrected chi connectivity index (χ1v) is 5.92. The molecule has 1 saturated carbocycles. The molecular formula is C12H13N5O. The highest BCUT2D eigenvalue weighted by Gasteiger charge is 2.25. The highest BCUT2D eigenvalue weighted by Crippen LogP contribution is 2.33. The number of carbonyl (C=O) groups is 1. The lowest BCUT2D eigenvalue weighted by atomic mass is 10.2. The minimum Gasteiger partial charge on any atom is -0.323 e. The van der Waals surface area contributed by atoms with Crippen LogP contribution in [0, 0.1) is 5.92 Å². The van der Waals surface area contributed by atoms with Crippen LogP contribution in [0.3, 0.4) is 0 Å². The number of hydrogen-bond acceptors (Lipinski definition) is 4. The van der Waals surface area contributed by atoms with Crippen LogP contribution in [-0.4, -0.2) is 26.1 Å². The fourth-order valence-corrected chi connectivity index (χ4v) is 1.79. The molecule has 1 fully saturated rings. The zero-order valence-corrected chi connectivity index (χ0v) is 9.76. The van der Waals surface area contributed by atoms with Gasteiger partial charge in [0.2, 0.25) is 5.91 Å². The van der Waals surface area contributed by atoms with Crippen molar-refractivity contribution in [2.75, 3.05) is 5.32 Å². The minimum atomic E-state index is 0.0315. The Balaban J connectivity index is 1.76. The first kappa shape index (κ1) is 10.9. The normalized spacial score (nSPS) is 14.4. The summed E-state index contributed by atoms with van der Waals surface area (Å²) in [6.07, 6.45) is 9.34. The second kappa shape index (κ2) is 4.56. The van der Waals surface area contributed by atoms with E-state index in [1.165, 1.54) is 0 Å². The third kappa shape index (κ3) is 2.37. The van der Waals surface area contributed by atoms with Crippen molar-refractivity contribution in [2.24, 2.45) is 5.92 Å². The number of amides is 1. The minimum absolute atomic E-state index is 0.0315. The van der Waals surface area contributed by atoms with Crippen molar-refractivity contribution < 1.29 is 4.79 Å². The summed E-state index contributed by atoms with van der Waals surface area (Å²) in [5, 5.41) is 9.63. The number of nitrogens with zero attached hydrogens (tertiary/aromatic N) is 3. The standard InChI is InChI=1S/C12H13N5O/c18-11(5-8-1-2-8)16-10-7-15-17-12(10)9-6-13-3-4-14-9/h3-4,6-8H,1-2,5H2,(H,15,17)(H,16,18). The Hall–Kier alpha value is -2.24. The Morgan fingerprint density at radius 1 is 1.39 bits per heavy atom. The van der Waals surface area contributed by atoms with Crippen molar-refractivity contribution in [3.8, 4) is 11.4 Å². The average molecular weight is 243 g/mol. The van der Waals surface area contributed by atoms with E-state index in [1.54, 1.807) is 24.8 Å². The molecular weight excluding hydrogens is 230 g/mol. The Bertz CT molecular complexity index is 547. The molecule has 0 radical (unpaired) electrons. The Kier molecular flexibility index (Phi) is 2.76. The maximum Gasteiger partial charge on any atom is 0.224 e. The van der Waals surface area contributed by atoms with Gasteiger partial charge in [-0.15, -0.1) is 0 Å². The number of aromatic nitrogens is 4. The molecule has 18 heavy (non-hydrogen) atoms. The molecule has 6 heteroatoms. The van der Waals surface area contributed by atoms with E-state index < -0.39 is 0 Å². The van der Waals surface area contributed by atoms with Gasteiger partial charge < -0.3 is 5.32 Å². The fourth-order valence-electron chi connectivity index (χ4n) is 1.79. The number of H-pyrrole nitrogens is 1. The van der Waals surface area contributed by atoms with Crippen LogP contribution >= 0.6 is 0 Å². The van der Waals surface area contributed by atoms with Gasteiger partial charge in [-0.25, -0.2) is 0 Å². The molecule has 0 bridgehead atoms. The maximum absolute atomic E-state index is 11.8. The van der Waals surface area contributed by atoms with Crippen molar-refractivity contribution in [1.82, 2.24) is 20.2 Å². The van der Waals surface area contributed by atoms with Crippen molar-refractivity contribution in [2.45, 2.75) is 19.3 Å². The van der Waals surface area contributed by atoms with E-state index in [0.717, 1.165) is 12.8 Å². The topological polar surface area (TPSA) is 83.6 Å². The zero-order chi connectivity index (χ0) is 12.4. The van der Waals surface area contributed by atoms with E-state index in [1.807, 2.05) is 0 Å². The third-order valence-electron chi connectivity index (χ3n) is 2.90. The van der Waals surface area contributed by atoms with E-state index in [9.17, 15) is 4.79 Å². The first-order chi connectivity index (χ1) is 8.83. The van der Waals surface area contributed by atoms with Gasteiger partial charge in [0.25, 0.3) is 0 Å².